The molecule has 168 valence electrons. The first-order valence-electron chi connectivity index (χ1n) is 10.1. The summed E-state index contributed by atoms with van der Waals surface area (Å²) in [6.07, 6.45) is 1.77. The second kappa shape index (κ2) is 9.31. The number of anilines is 1. The van der Waals surface area contributed by atoms with Crippen molar-refractivity contribution in [3.63, 3.8) is 0 Å². The number of aryl methyl sites for hydroxylation is 1. The van der Waals surface area contributed by atoms with E-state index in [1.54, 1.807) is 12.1 Å². The zero-order valence-electron chi connectivity index (χ0n) is 17.6. The number of nitrogens with zero attached hydrogens (tertiary/aromatic N) is 4. The lowest BCUT2D eigenvalue weighted by Crippen LogP contribution is -2.27. The Labute approximate surface area is 191 Å². The Hall–Kier alpha value is -2.89. The maximum Gasteiger partial charge on any atom is 0.243 e. The maximum atomic E-state index is 12.6. The number of amides is 1. The smallest absolute Gasteiger partial charge is 0.243 e. The first kappa shape index (κ1) is 22.3. The van der Waals surface area contributed by atoms with E-state index in [9.17, 15) is 13.2 Å². The second-order valence-corrected chi connectivity index (χ2v) is 10.4. The average Bonchev–Trinajstić information content (AvgIpc) is 3.44. The van der Waals surface area contributed by atoms with Crippen molar-refractivity contribution < 1.29 is 13.2 Å². The van der Waals surface area contributed by atoms with Crippen molar-refractivity contribution in [1.82, 2.24) is 19.2 Å². The van der Waals surface area contributed by atoms with Crippen LogP contribution >= 0.6 is 11.8 Å². The van der Waals surface area contributed by atoms with E-state index in [0.29, 0.717) is 29.8 Å². The zero-order chi connectivity index (χ0) is 22.7. The predicted molar refractivity (Wildman–Crippen MR) is 124 cm³/mol. The quantitative estimate of drug-likeness (QED) is 0.400. The highest BCUT2D eigenvalue weighted by molar-refractivity contribution is 7.99. The molecular weight excluding hydrogens is 448 g/mol. The topological polar surface area (TPSA) is 123 Å². The Bertz CT molecular complexity index is 1200. The molecule has 1 saturated heterocycles. The fourth-order valence-electron chi connectivity index (χ4n) is 3.39. The van der Waals surface area contributed by atoms with Crippen molar-refractivity contribution in [2.24, 2.45) is 0 Å². The van der Waals surface area contributed by atoms with E-state index in [4.69, 9.17) is 5.84 Å². The summed E-state index contributed by atoms with van der Waals surface area (Å²) >= 11 is 1.17. The minimum absolute atomic E-state index is 0.0804. The number of hydrogen-bond donors (Lipinski definition) is 2. The van der Waals surface area contributed by atoms with Gasteiger partial charge in [0.15, 0.2) is 5.82 Å². The Balaban J connectivity index is 1.35. The van der Waals surface area contributed by atoms with Crippen LogP contribution in [0.1, 0.15) is 18.4 Å². The van der Waals surface area contributed by atoms with Crippen molar-refractivity contribution in [3.05, 3.63) is 54.1 Å². The molecule has 0 atom stereocenters. The Kier molecular flexibility index (Phi) is 6.49. The zero-order valence-corrected chi connectivity index (χ0v) is 19.2. The summed E-state index contributed by atoms with van der Waals surface area (Å²) in [7, 11) is -3.47. The lowest BCUT2D eigenvalue weighted by molar-refractivity contribution is -0.113. The second-order valence-electron chi connectivity index (χ2n) is 7.51. The van der Waals surface area contributed by atoms with Crippen LogP contribution in [0, 0.1) is 6.92 Å². The van der Waals surface area contributed by atoms with Gasteiger partial charge < -0.3 is 11.2 Å². The van der Waals surface area contributed by atoms with Gasteiger partial charge in [-0.25, -0.2) is 13.1 Å². The molecule has 1 fully saturated rings. The van der Waals surface area contributed by atoms with Gasteiger partial charge in [0.2, 0.25) is 21.1 Å². The first-order valence-corrected chi connectivity index (χ1v) is 12.6. The fraction of sp³-hybridized carbons (Fsp3) is 0.286. The monoisotopic (exact) mass is 472 g/mol. The molecule has 0 bridgehead atoms. The molecule has 1 amide bonds. The molecule has 11 heteroatoms. The summed E-state index contributed by atoms with van der Waals surface area (Å²) in [5, 5.41) is 11.4. The number of rotatable bonds is 7. The summed E-state index contributed by atoms with van der Waals surface area (Å²) in [5.74, 6) is 6.44. The molecule has 1 aliphatic rings. The lowest BCUT2D eigenvalue weighted by Gasteiger charge is -2.15. The number of nitrogens with two attached hydrogens (primary N) is 1. The van der Waals surface area contributed by atoms with Gasteiger partial charge in [-0.2, -0.15) is 4.31 Å². The predicted octanol–water partition coefficient (Wildman–Crippen LogP) is 2.48. The SMILES string of the molecule is Cc1ccc(-c2nnc(SCC(=O)Nc3ccc(S(=O)(=O)N4CCCC4)cc3)n2N)cc1. The van der Waals surface area contributed by atoms with Gasteiger partial charge in [0.25, 0.3) is 0 Å². The van der Waals surface area contributed by atoms with Crippen molar-refractivity contribution in [2.75, 3.05) is 30.0 Å². The third-order valence-corrected chi connectivity index (χ3v) is 8.00. The van der Waals surface area contributed by atoms with Gasteiger partial charge in [-0.15, -0.1) is 10.2 Å². The molecule has 0 aliphatic carbocycles. The van der Waals surface area contributed by atoms with Crippen molar-refractivity contribution in [2.45, 2.75) is 29.8 Å². The van der Waals surface area contributed by atoms with Gasteiger partial charge in [0, 0.05) is 24.3 Å². The molecule has 0 saturated carbocycles. The number of aromatic nitrogens is 3. The number of nitrogen functional groups attached to an aromatic ring is 1. The van der Waals surface area contributed by atoms with Crippen LogP contribution in [0.2, 0.25) is 0 Å². The standard InChI is InChI=1S/C21H24N6O3S2/c1-15-4-6-16(7-5-15)20-24-25-21(27(20)22)31-14-19(28)23-17-8-10-18(11-9-17)32(29,30)26-12-2-3-13-26/h4-11H,2-3,12-14,22H2,1H3,(H,23,28). The number of carbonyl (C=O) groups excluding carboxylic acids is 1. The van der Waals surface area contributed by atoms with Crippen molar-refractivity contribution >= 4 is 33.4 Å². The third-order valence-electron chi connectivity index (χ3n) is 5.15. The Morgan fingerprint density at radius 3 is 2.38 bits per heavy atom. The van der Waals surface area contributed by atoms with E-state index in [1.807, 2.05) is 31.2 Å². The molecule has 4 rings (SSSR count). The average molecular weight is 473 g/mol. The van der Waals surface area contributed by atoms with Crippen LogP contribution in [0.4, 0.5) is 5.69 Å². The van der Waals surface area contributed by atoms with Gasteiger partial charge in [-0.05, 0) is 44.0 Å². The summed E-state index contributed by atoms with van der Waals surface area (Å²) < 4.78 is 28.0. The summed E-state index contributed by atoms with van der Waals surface area (Å²) in [5.41, 5.74) is 2.49. The van der Waals surface area contributed by atoms with E-state index >= 15 is 0 Å². The number of sulfonamides is 1. The van der Waals surface area contributed by atoms with Gasteiger partial charge in [-0.1, -0.05) is 41.6 Å². The summed E-state index contributed by atoms with van der Waals surface area (Å²) in [6.45, 7) is 3.10. The molecule has 0 radical (unpaired) electrons. The molecule has 1 aromatic heterocycles. The van der Waals surface area contributed by atoms with Crippen molar-refractivity contribution in [3.8, 4) is 11.4 Å². The molecule has 0 spiro atoms. The number of hydrogen-bond acceptors (Lipinski definition) is 7. The summed E-state index contributed by atoms with van der Waals surface area (Å²) in [4.78, 5) is 12.6. The van der Waals surface area contributed by atoms with E-state index in [-0.39, 0.29) is 16.6 Å². The highest BCUT2D eigenvalue weighted by atomic mass is 32.2. The van der Waals surface area contributed by atoms with Crippen LogP contribution < -0.4 is 11.2 Å². The summed E-state index contributed by atoms with van der Waals surface area (Å²) in [6, 6.07) is 14.0. The van der Waals surface area contributed by atoms with Gasteiger partial charge >= 0.3 is 0 Å². The van der Waals surface area contributed by atoms with Gasteiger partial charge in [0.1, 0.15) is 0 Å². The Morgan fingerprint density at radius 1 is 1.06 bits per heavy atom. The van der Waals surface area contributed by atoms with Gasteiger partial charge in [-0.3, -0.25) is 4.79 Å². The molecule has 3 N–H and O–H groups in total. The number of thioether (sulfide) groups is 1. The van der Waals surface area contributed by atoms with Crippen LogP contribution in [-0.2, 0) is 14.8 Å². The van der Waals surface area contributed by atoms with Gasteiger partial charge in [0.05, 0.1) is 10.6 Å². The molecule has 3 aromatic rings. The fourth-order valence-corrected chi connectivity index (χ4v) is 5.56. The highest BCUT2D eigenvalue weighted by Gasteiger charge is 2.27. The van der Waals surface area contributed by atoms with E-state index < -0.39 is 10.0 Å². The third kappa shape index (κ3) is 4.79. The van der Waals surface area contributed by atoms with Crippen LogP contribution in [0.25, 0.3) is 11.4 Å². The van der Waals surface area contributed by atoms with E-state index in [0.717, 1.165) is 24.0 Å². The molecule has 9 nitrogen and oxygen atoms in total. The van der Waals surface area contributed by atoms with Crippen LogP contribution in [0.5, 0.6) is 0 Å². The molecular formula is C21H24N6O3S2. The van der Waals surface area contributed by atoms with Crippen LogP contribution in [0.15, 0.2) is 58.6 Å². The number of nitrogens with one attached hydrogen (secondary N) is 1. The molecule has 2 aromatic carbocycles. The largest absolute Gasteiger partial charge is 0.335 e. The highest BCUT2D eigenvalue weighted by Crippen LogP contribution is 2.24. The molecule has 32 heavy (non-hydrogen) atoms. The Morgan fingerprint density at radius 2 is 1.72 bits per heavy atom. The molecule has 1 aliphatic heterocycles. The first-order chi connectivity index (χ1) is 15.3. The number of benzene rings is 2. The number of carbonyl (C=O) groups is 1. The minimum Gasteiger partial charge on any atom is -0.335 e. The molecule has 2 heterocycles. The normalized spacial score (nSPS) is 14.5. The molecule has 0 unspecified atom stereocenters. The minimum atomic E-state index is -3.47. The van der Waals surface area contributed by atoms with Crippen LogP contribution in [0.3, 0.4) is 0 Å². The lowest BCUT2D eigenvalue weighted by atomic mass is 10.1. The maximum absolute atomic E-state index is 12.6. The van der Waals surface area contributed by atoms with E-state index in [2.05, 4.69) is 15.5 Å². The van der Waals surface area contributed by atoms with E-state index in [1.165, 1.54) is 32.9 Å². The van der Waals surface area contributed by atoms with Crippen LogP contribution in [-0.4, -0.2) is 52.3 Å². The van der Waals surface area contributed by atoms with Crippen molar-refractivity contribution in [1.29, 1.82) is 0 Å².